The summed E-state index contributed by atoms with van der Waals surface area (Å²) in [6.45, 7) is 2.38. The molecule has 1 N–H and O–H groups in total. The van der Waals surface area contributed by atoms with Gasteiger partial charge in [-0.1, -0.05) is 18.2 Å². The number of likely N-dealkylation sites (tertiary alicyclic amines) is 1. The van der Waals surface area contributed by atoms with Crippen LogP contribution in [-0.2, 0) is 12.1 Å². The molecule has 2 aliphatic rings. The Morgan fingerprint density at radius 1 is 1.03 bits per heavy atom. The maximum Gasteiger partial charge on any atom is 0.161 e. The van der Waals surface area contributed by atoms with Gasteiger partial charge in [-0.3, -0.25) is 4.90 Å². The van der Waals surface area contributed by atoms with Crippen LogP contribution in [0.15, 0.2) is 42.5 Å². The Labute approximate surface area is 172 Å². The van der Waals surface area contributed by atoms with Crippen molar-refractivity contribution in [1.82, 2.24) is 4.90 Å². The van der Waals surface area contributed by atoms with E-state index in [9.17, 15) is 9.50 Å². The number of aliphatic hydroxyl groups is 1. The van der Waals surface area contributed by atoms with E-state index in [-0.39, 0.29) is 5.82 Å². The van der Waals surface area contributed by atoms with Crippen LogP contribution < -0.4 is 9.47 Å². The molecule has 1 aliphatic carbocycles. The summed E-state index contributed by atoms with van der Waals surface area (Å²) in [5.41, 5.74) is 1.10. The highest BCUT2D eigenvalue weighted by Crippen LogP contribution is 2.35. The van der Waals surface area contributed by atoms with Crippen molar-refractivity contribution in [3.8, 4) is 11.5 Å². The van der Waals surface area contributed by atoms with Crippen molar-refractivity contribution in [3.05, 3.63) is 59.4 Å². The van der Waals surface area contributed by atoms with Gasteiger partial charge in [-0.25, -0.2) is 4.39 Å². The quantitative estimate of drug-likeness (QED) is 0.768. The smallest absolute Gasteiger partial charge is 0.161 e. The van der Waals surface area contributed by atoms with E-state index in [1.165, 1.54) is 30.5 Å². The van der Waals surface area contributed by atoms with Crippen molar-refractivity contribution >= 4 is 0 Å². The Hall–Kier alpha value is -2.11. The Bertz CT molecular complexity index is 809. The van der Waals surface area contributed by atoms with Crippen LogP contribution in [0.2, 0.25) is 0 Å². The average molecular weight is 400 g/mol. The van der Waals surface area contributed by atoms with Crippen molar-refractivity contribution in [1.29, 1.82) is 0 Å². The van der Waals surface area contributed by atoms with Gasteiger partial charge in [0, 0.05) is 19.6 Å². The molecule has 1 saturated heterocycles. The number of nitrogens with zero attached hydrogens (tertiary/aromatic N) is 1. The zero-order valence-electron chi connectivity index (χ0n) is 17.1. The molecule has 2 aromatic rings. The van der Waals surface area contributed by atoms with Gasteiger partial charge in [-0.05, 0) is 73.9 Å². The fourth-order valence-electron chi connectivity index (χ4n) is 4.48. The van der Waals surface area contributed by atoms with E-state index in [1.807, 2.05) is 6.07 Å². The maximum absolute atomic E-state index is 13.2. The summed E-state index contributed by atoms with van der Waals surface area (Å²) in [5.74, 6) is 1.34. The average Bonchev–Trinajstić information content (AvgIpc) is 3.24. The maximum atomic E-state index is 13.2. The Morgan fingerprint density at radius 2 is 1.72 bits per heavy atom. The van der Waals surface area contributed by atoms with Crippen LogP contribution in [0, 0.1) is 5.82 Å². The molecule has 0 unspecified atom stereocenters. The second-order valence-electron chi connectivity index (χ2n) is 8.32. The summed E-state index contributed by atoms with van der Waals surface area (Å²) < 4.78 is 24.9. The molecule has 1 saturated carbocycles. The van der Waals surface area contributed by atoms with Gasteiger partial charge in [0.2, 0.25) is 0 Å². The van der Waals surface area contributed by atoms with Crippen LogP contribution in [0.4, 0.5) is 4.39 Å². The summed E-state index contributed by atoms with van der Waals surface area (Å²) in [4.78, 5) is 2.34. The molecular formula is C24H30FNO3. The van der Waals surface area contributed by atoms with Crippen molar-refractivity contribution in [2.75, 3.05) is 20.2 Å². The van der Waals surface area contributed by atoms with Gasteiger partial charge < -0.3 is 14.6 Å². The second kappa shape index (κ2) is 8.72. The van der Waals surface area contributed by atoms with Gasteiger partial charge >= 0.3 is 0 Å². The number of benzene rings is 2. The number of halogens is 1. The Balaban J connectivity index is 1.36. The van der Waals surface area contributed by atoms with E-state index in [0.29, 0.717) is 18.9 Å². The van der Waals surface area contributed by atoms with Gasteiger partial charge in [-0.2, -0.15) is 0 Å². The molecular weight excluding hydrogens is 369 g/mol. The molecule has 0 amide bonds. The van der Waals surface area contributed by atoms with Crippen LogP contribution >= 0.6 is 0 Å². The molecule has 4 nitrogen and oxygen atoms in total. The molecule has 0 aromatic heterocycles. The number of ether oxygens (including phenoxy) is 2. The normalized spacial score (nSPS) is 20.0. The Kier molecular flexibility index (Phi) is 6.07. The highest BCUT2D eigenvalue weighted by atomic mass is 19.1. The lowest BCUT2D eigenvalue weighted by Crippen LogP contribution is -2.42. The van der Waals surface area contributed by atoms with Crippen molar-refractivity contribution < 1.29 is 19.0 Å². The molecule has 2 aromatic carbocycles. The topological polar surface area (TPSA) is 41.9 Å². The molecule has 1 heterocycles. The third-order valence-electron chi connectivity index (χ3n) is 6.29. The van der Waals surface area contributed by atoms with Crippen molar-refractivity contribution in [2.24, 2.45) is 0 Å². The molecule has 0 bridgehead atoms. The number of rotatable bonds is 6. The first-order valence-corrected chi connectivity index (χ1v) is 10.6. The van der Waals surface area contributed by atoms with Crippen LogP contribution in [0.25, 0.3) is 0 Å². The molecule has 2 fully saturated rings. The first-order chi connectivity index (χ1) is 14.1. The van der Waals surface area contributed by atoms with Crippen LogP contribution in [0.3, 0.4) is 0 Å². The minimum atomic E-state index is -0.874. The van der Waals surface area contributed by atoms with Gasteiger partial charge in [0.1, 0.15) is 5.82 Å². The molecule has 4 rings (SSSR count). The van der Waals surface area contributed by atoms with E-state index in [1.54, 1.807) is 19.2 Å². The van der Waals surface area contributed by atoms with E-state index >= 15 is 0 Å². The zero-order chi connectivity index (χ0) is 20.3. The number of hydrogen-bond acceptors (Lipinski definition) is 4. The minimum absolute atomic E-state index is 0.274. The number of piperidine rings is 1. The minimum Gasteiger partial charge on any atom is -0.493 e. The highest BCUT2D eigenvalue weighted by Gasteiger charge is 2.34. The first kappa shape index (κ1) is 20.2. The van der Waals surface area contributed by atoms with Crippen molar-refractivity contribution in [2.45, 2.75) is 56.8 Å². The molecule has 0 spiro atoms. The van der Waals surface area contributed by atoms with Gasteiger partial charge in [0.15, 0.2) is 11.5 Å². The fourth-order valence-corrected chi connectivity index (χ4v) is 4.48. The molecule has 0 radical (unpaired) electrons. The second-order valence-corrected chi connectivity index (χ2v) is 8.32. The summed E-state index contributed by atoms with van der Waals surface area (Å²) in [5, 5.41) is 11.0. The standard InChI is InChI=1S/C24H30FNO3/c1-28-23-16-18(6-11-22(23)29-21-4-2-3-5-21)17-26-14-12-24(27,13-15-26)19-7-9-20(25)10-8-19/h6-11,16,21,27H,2-5,12-15,17H2,1H3. The van der Waals surface area contributed by atoms with Gasteiger partial charge in [0.25, 0.3) is 0 Å². The summed E-state index contributed by atoms with van der Waals surface area (Å²) in [7, 11) is 1.68. The SMILES string of the molecule is COc1cc(CN2CCC(O)(c3ccc(F)cc3)CC2)ccc1OC1CCCC1. The Morgan fingerprint density at radius 3 is 2.38 bits per heavy atom. The van der Waals surface area contributed by atoms with Crippen LogP contribution in [-0.4, -0.2) is 36.3 Å². The summed E-state index contributed by atoms with van der Waals surface area (Å²) in [6.07, 6.45) is 6.30. The molecule has 156 valence electrons. The molecule has 5 heteroatoms. The molecule has 1 aliphatic heterocycles. The lowest BCUT2D eigenvalue weighted by atomic mass is 9.84. The summed E-state index contributed by atoms with van der Waals surface area (Å²) >= 11 is 0. The monoisotopic (exact) mass is 399 g/mol. The van der Waals surface area contributed by atoms with E-state index < -0.39 is 5.60 Å². The predicted octanol–water partition coefficient (Wildman–Crippen LogP) is 4.64. The lowest BCUT2D eigenvalue weighted by Gasteiger charge is -2.38. The van der Waals surface area contributed by atoms with Crippen LogP contribution in [0.1, 0.15) is 49.7 Å². The zero-order valence-corrected chi connectivity index (χ0v) is 17.1. The number of hydrogen-bond donors (Lipinski definition) is 1. The third kappa shape index (κ3) is 4.73. The molecule has 0 atom stereocenters. The largest absolute Gasteiger partial charge is 0.493 e. The highest BCUT2D eigenvalue weighted by molar-refractivity contribution is 5.43. The van der Waals surface area contributed by atoms with Crippen molar-refractivity contribution in [3.63, 3.8) is 0 Å². The first-order valence-electron chi connectivity index (χ1n) is 10.6. The van der Waals surface area contributed by atoms with E-state index in [4.69, 9.17) is 9.47 Å². The van der Waals surface area contributed by atoms with Gasteiger partial charge in [-0.15, -0.1) is 0 Å². The number of methoxy groups -OCH3 is 1. The fraction of sp³-hybridized carbons (Fsp3) is 0.500. The predicted molar refractivity (Wildman–Crippen MR) is 111 cm³/mol. The third-order valence-corrected chi connectivity index (χ3v) is 6.29. The van der Waals surface area contributed by atoms with E-state index in [0.717, 1.165) is 49.5 Å². The lowest BCUT2D eigenvalue weighted by molar-refractivity contribution is -0.0277. The summed E-state index contributed by atoms with van der Waals surface area (Å²) in [6, 6.07) is 12.4. The van der Waals surface area contributed by atoms with Crippen LogP contribution in [0.5, 0.6) is 11.5 Å². The molecule has 29 heavy (non-hydrogen) atoms. The van der Waals surface area contributed by atoms with Gasteiger partial charge in [0.05, 0.1) is 18.8 Å². The van der Waals surface area contributed by atoms with E-state index in [2.05, 4.69) is 17.0 Å².